The summed E-state index contributed by atoms with van der Waals surface area (Å²) < 4.78 is 7.65. The van der Waals surface area contributed by atoms with Crippen LogP contribution in [0.5, 0.6) is 0 Å². The van der Waals surface area contributed by atoms with Crippen LogP contribution >= 0.6 is 51.2 Å². The fourth-order valence-electron chi connectivity index (χ4n) is 1.59. The van der Waals surface area contributed by atoms with Crippen LogP contribution in [0, 0.1) is 0 Å². The van der Waals surface area contributed by atoms with Crippen LogP contribution in [0.15, 0.2) is 74.4 Å². The largest absolute Gasteiger partial charge is 0.326 e. The van der Waals surface area contributed by atoms with E-state index in [2.05, 4.69) is 66.8 Å². The SMILES string of the molecule is Brc1ccc(SNc2ccc(SNc3nccs3)cc2)cc1. The second-order valence-electron chi connectivity index (χ2n) is 4.22. The highest BCUT2D eigenvalue weighted by molar-refractivity contribution is 9.10. The Morgan fingerprint density at radius 2 is 1.50 bits per heavy atom. The van der Waals surface area contributed by atoms with Crippen LogP contribution in [0.3, 0.4) is 0 Å². The smallest absolute Gasteiger partial charge is 0.192 e. The van der Waals surface area contributed by atoms with Gasteiger partial charge >= 0.3 is 0 Å². The van der Waals surface area contributed by atoms with E-state index in [4.69, 9.17) is 0 Å². The average molecular weight is 410 g/mol. The number of anilines is 2. The standard InChI is InChI=1S/C15H12BrN3S3/c16-11-1-5-13(6-2-11)21-18-12-3-7-14(8-4-12)22-19-15-17-9-10-20-15/h1-10,18H,(H,17,19). The number of aromatic nitrogens is 1. The van der Waals surface area contributed by atoms with Crippen LogP contribution < -0.4 is 9.44 Å². The monoisotopic (exact) mass is 409 g/mol. The van der Waals surface area contributed by atoms with Gasteiger partial charge in [0.05, 0.1) is 0 Å². The van der Waals surface area contributed by atoms with Gasteiger partial charge in [-0.15, -0.1) is 11.3 Å². The van der Waals surface area contributed by atoms with Gasteiger partial charge in [0, 0.05) is 31.5 Å². The Balaban J connectivity index is 1.51. The summed E-state index contributed by atoms with van der Waals surface area (Å²) >= 11 is 8.19. The molecule has 0 amide bonds. The molecule has 1 aromatic heterocycles. The third-order valence-electron chi connectivity index (χ3n) is 2.64. The zero-order valence-electron chi connectivity index (χ0n) is 11.3. The molecule has 7 heteroatoms. The minimum absolute atomic E-state index is 0.915. The van der Waals surface area contributed by atoms with Gasteiger partial charge in [-0.2, -0.15) is 0 Å². The van der Waals surface area contributed by atoms with Gasteiger partial charge < -0.3 is 9.44 Å². The fourth-order valence-corrected chi connectivity index (χ4v) is 3.72. The first-order chi connectivity index (χ1) is 10.8. The van der Waals surface area contributed by atoms with Gasteiger partial charge in [-0.1, -0.05) is 15.9 Å². The number of nitrogens with one attached hydrogen (secondary N) is 2. The summed E-state index contributed by atoms with van der Waals surface area (Å²) in [6.45, 7) is 0. The highest BCUT2D eigenvalue weighted by Crippen LogP contribution is 2.26. The Hall–Kier alpha value is -1.15. The van der Waals surface area contributed by atoms with E-state index < -0.39 is 0 Å². The number of thiazole rings is 1. The number of halogens is 1. The van der Waals surface area contributed by atoms with Crippen molar-refractivity contribution in [2.75, 3.05) is 9.44 Å². The Kier molecular flexibility index (Phi) is 5.66. The van der Waals surface area contributed by atoms with Crippen LogP contribution in [0.4, 0.5) is 10.8 Å². The lowest BCUT2D eigenvalue weighted by Gasteiger charge is -2.07. The molecule has 0 atom stereocenters. The second-order valence-corrected chi connectivity index (χ2v) is 7.79. The number of nitrogens with zero attached hydrogens (tertiary/aromatic N) is 1. The van der Waals surface area contributed by atoms with Crippen molar-refractivity contribution in [1.29, 1.82) is 0 Å². The van der Waals surface area contributed by atoms with Crippen molar-refractivity contribution in [3.63, 3.8) is 0 Å². The van der Waals surface area contributed by atoms with Gasteiger partial charge in [0.1, 0.15) is 0 Å². The first kappa shape index (κ1) is 15.7. The number of hydrogen-bond acceptors (Lipinski definition) is 6. The van der Waals surface area contributed by atoms with E-state index >= 15 is 0 Å². The molecule has 1 heterocycles. The second kappa shape index (κ2) is 7.92. The van der Waals surface area contributed by atoms with E-state index in [0.717, 1.165) is 20.2 Å². The van der Waals surface area contributed by atoms with E-state index in [1.165, 1.54) is 4.90 Å². The third-order valence-corrected chi connectivity index (χ3v) is 5.64. The van der Waals surface area contributed by atoms with E-state index in [9.17, 15) is 0 Å². The molecule has 0 fully saturated rings. The number of hydrogen-bond donors (Lipinski definition) is 2. The van der Waals surface area contributed by atoms with Crippen molar-refractivity contribution in [3.8, 4) is 0 Å². The van der Waals surface area contributed by atoms with E-state index in [0.29, 0.717) is 0 Å². The summed E-state index contributed by atoms with van der Waals surface area (Å²) in [6, 6.07) is 16.5. The van der Waals surface area contributed by atoms with Crippen molar-refractivity contribution >= 4 is 62.0 Å². The molecule has 3 nitrogen and oxygen atoms in total. The summed E-state index contributed by atoms with van der Waals surface area (Å²) in [6.07, 6.45) is 1.79. The van der Waals surface area contributed by atoms with Crippen LogP contribution in [-0.2, 0) is 0 Å². The minimum Gasteiger partial charge on any atom is -0.326 e. The molecule has 0 aliphatic carbocycles. The predicted octanol–water partition coefficient (Wildman–Crippen LogP) is 6.14. The maximum Gasteiger partial charge on any atom is 0.192 e. The van der Waals surface area contributed by atoms with Crippen LogP contribution in [0.25, 0.3) is 0 Å². The summed E-state index contributed by atoms with van der Waals surface area (Å²) in [5.74, 6) is 0. The lowest BCUT2D eigenvalue weighted by atomic mass is 10.3. The molecule has 2 N–H and O–H groups in total. The highest BCUT2D eigenvalue weighted by Gasteiger charge is 1.99. The van der Waals surface area contributed by atoms with E-state index in [-0.39, 0.29) is 0 Å². The van der Waals surface area contributed by atoms with E-state index in [1.807, 2.05) is 17.5 Å². The molecule has 0 bridgehead atoms. The molecule has 22 heavy (non-hydrogen) atoms. The van der Waals surface area contributed by atoms with Gasteiger partial charge in [-0.05, 0) is 72.4 Å². The van der Waals surface area contributed by atoms with Crippen molar-refractivity contribution in [3.05, 3.63) is 64.6 Å². The first-order valence-corrected chi connectivity index (χ1v) is 9.71. The zero-order chi connectivity index (χ0) is 15.2. The molecular weight excluding hydrogens is 398 g/mol. The van der Waals surface area contributed by atoms with Crippen molar-refractivity contribution in [2.24, 2.45) is 0 Å². The Labute approximate surface area is 150 Å². The van der Waals surface area contributed by atoms with Crippen LogP contribution in [0.2, 0.25) is 0 Å². The Morgan fingerprint density at radius 3 is 2.14 bits per heavy atom. The first-order valence-electron chi connectivity index (χ1n) is 6.40. The molecule has 3 aromatic rings. The molecular formula is C15H12BrN3S3. The minimum atomic E-state index is 0.915. The normalized spacial score (nSPS) is 10.4. The Morgan fingerprint density at radius 1 is 0.864 bits per heavy atom. The number of benzene rings is 2. The summed E-state index contributed by atoms with van der Waals surface area (Å²) in [7, 11) is 0. The van der Waals surface area contributed by atoms with Gasteiger partial charge in [0.25, 0.3) is 0 Å². The number of rotatable bonds is 6. The van der Waals surface area contributed by atoms with Gasteiger partial charge in [0.15, 0.2) is 5.13 Å². The lowest BCUT2D eigenvalue weighted by molar-refractivity contribution is 1.41. The van der Waals surface area contributed by atoms with Crippen molar-refractivity contribution < 1.29 is 0 Å². The Bertz CT molecular complexity index is 700. The van der Waals surface area contributed by atoms with Crippen LogP contribution in [-0.4, -0.2) is 4.98 Å². The molecule has 0 saturated carbocycles. The molecule has 0 spiro atoms. The topological polar surface area (TPSA) is 37.0 Å². The molecule has 0 radical (unpaired) electrons. The van der Waals surface area contributed by atoms with Crippen LogP contribution in [0.1, 0.15) is 0 Å². The molecule has 112 valence electrons. The third kappa shape index (κ3) is 4.67. The molecule has 3 rings (SSSR count). The maximum absolute atomic E-state index is 4.19. The molecule has 0 saturated heterocycles. The average Bonchev–Trinajstić information content (AvgIpc) is 3.07. The van der Waals surface area contributed by atoms with Gasteiger partial charge in [-0.3, -0.25) is 0 Å². The van der Waals surface area contributed by atoms with Crippen molar-refractivity contribution in [1.82, 2.24) is 4.98 Å². The summed E-state index contributed by atoms with van der Waals surface area (Å²) in [5.41, 5.74) is 1.08. The van der Waals surface area contributed by atoms with Gasteiger partial charge in [-0.25, -0.2) is 4.98 Å². The fraction of sp³-hybridized carbons (Fsp3) is 0. The summed E-state index contributed by atoms with van der Waals surface area (Å²) in [4.78, 5) is 6.51. The lowest BCUT2D eigenvalue weighted by Crippen LogP contribution is -1.88. The highest BCUT2D eigenvalue weighted by atomic mass is 79.9. The zero-order valence-corrected chi connectivity index (χ0v) is 15.4. The molecule has 2 aromatic carbocycles. The molecule has 0 aliphatic heterocycles. The predicted molar refractivity (Wildman–Crippen MR) is 102 cm³/mol. The molecule has 0 aliphatic rings. The van der Waals surface area contributed by atoms with Crippen molar-refractivity contribution in [2.45, 2.75) is 9.79 Å². The van der Waals surface area contributed by atoms with Gasteiger partial charge in [0.2, 0.25) is 0 Å². The van der Waals surface area contributed by atoms with E-state index in [1.54, 1.807) is 41.4 Å². The molecule has 0 unspecified atom stereocenters. The maximum atomic E-state index is 4.19. The summed E-state index contributed by atoms with van der Waals surface area (Å²) in [5, 5.41) is 2.87. The quantitative estimate of drug-likeness (QED) is 0.477.